The summed E-state index contributed by atoms with van der Waals surface area (Å²) in [5.41, 5.74) is 9.56. The van der Waals surface area contributed by atoms with Gasteiger partial charge in [-0.05, 0) is 64.7 Å². The molecule has 12 heteroatoms. The van der Waals surface area contributed by atoms with Gasteiger partial charge in [0.25, 0.3) is 0 Å². The summed E-state index contributed by atoms with van der Waals surface area (Å²) in [7, 11) is 3.43. The number of aryl methyl sites for hydroxylation is 1. The molecule has 0 saturated carbocycles. The van der Waals surface area contributed by atoms with Gasteiger partial charge in [0.05, 0.1) is 11.9 Å². The normalized spacial score (nSPS) is 11.0. The molecule has 0 radical (unpaired) electrons. The number of anilines is 1. The van der Waals surface area contributed by atoms with Gasteiger partial charge < -0.3 is 24.9 Å². The van der Waals surface area contributed by atoms with Crippen LogP contribution in [0.5, 0.6) is 17.2 Å². The van der Waals surface area contributed by atoms with E-state index in [9.17, 15) is 4.79 Å². The fourth-order valence-electron chi connectivity index (χ4n) is 4.16. The summed E-state index contributed by atoms with van der Waals surface area (Å²) in [5.74, 6) is 0.346. The van der Waals surface area contributed by atoms with E-state index < -0.39 is 11.8 Å². The Hall–Kier alpha value is -5.10. The van der Waals surface area contributed by atoms with Crippen molar-refractivity contribution in [2.75, 3.05) is 26.4 Å². The van der Waals surface area contributed by atoms with Crippen molar-refractivity contribution >= 4 is 22.8 Å². The van der Waals surface area contributed by atoms with E-state index in [4.69, 9.17) is 20.3 Å². The number of carboxylic acid groups (broad SMARTS) is 1. The Bertz CT molecular complexity index is 1690. The molecule has 0 aliphatic rings. The lowest BCUT2D eigenvalue weighted by atomic mass is 10.1. The summed E-state index contributed by atoms with van der Waals surface area (Å²) in [6.45, 7) is 6.22. The average Bonchev–Trinajstić information content (AvgIpc) is 3.36. The minimum Gasteiger partial charge on any atom is -0.486 e. The van der Waals surface area contributed by atoms with Crippen molar-refractivity contribution in [3.63, 3.8) is 0 Å². The van der Waals surface area contributed by atoms with Gasteiger partial charge in [0.2, 0.25) is 5.82 Å². The first-order chi connectivity index (χ1) is 20.5. The number of aliphatic carboxylic acids is 1. The fourth-order valence-corrected chi connectivity index (χ4v) is 4.16. The highest BCUT2D eigenvalue weighted by Gasteiger charge is 2.17. The number of aromatic nitrogens is 5. The van der Waals surface area contributed by atoms with E-state index in [1.165, 1.54) is 6.33 Å². The quantitative estimate of drug-likeness (QED) is 0.227. The third kappa shape index (κ3) is 7.80. The molecule has 0 unspecified atom stereocenters. The third-order valence-electron chi connectivity index (χ3n) is 6.20. The van der Waals surface area contributed by atoms with Crippen molar-refractivity contribution in [3.05, 3.63) is 84.6 Å². The van der Waals surface area contributed by atoms with E-state index in [1.54, 1.807) is 68.6 Å². The molecule has 5 aromatic rings. The van der Waals surface area contributed by atoms with Crippen LogP contribution >= 0.6 is 0 Å². The monoisotopic (exact) mass is 587 g/mol. The van der Waals surface area contributed by atoms with Crippen LogP contribution in [0.25, 0.3) is 22.2 Å². The zero-order valence-corrected chi connectivity index (χ0v) is 24.7. The molecule has 0 amide bonds. The molecule has 0 fully saturated rings. The Morgan fingerprint density at radius 1 is 1.05 bits per heavy atom. The standard InChI is InChI=1S/C27H25FN6O2.C4H9NO2/c1-16(2)34-13-21(24-26(29)32-15-33-27(24)34)19-7-9-20(10-8-19)36-23-6-4-5-22(25(23)28)35-14-18-11-30-17(3)31-12-18;1-5(2)3-4(6)7/h4-13,15-16H,14H2,1-3H3,(H2,29,32,33);3H2,1-2H3,(H,6,7). The van der Waals surface area contributed by atoms with Crippen molar-refractivity contribution < 1.29 is 23.8 Å². The molecule has 0 bridgehead atoms. The maximum atomic E-state index is 15.1. The molecule has 0 aliphatic heterocycles. The molecule has 5 rings (SSSR count). The Kier molecular flexibility index (Phi) is 9.83. The number of nitrogens with two attached hydrogens (primary N) is 1. The SMILES string of the molecule is CN(C)CC(=O)O.Cc1ncc(COc2cccc(Oc3ccc(-c4cn(C(C)C)c5ncnc(N)c45)cc3)c2F)cn1. The highest BCUT2D eigenvalue weighted by Crippen LogP contribution is 2.36. The summed E-state index contributed by atoms with van der Waals surface area (Å²) in [4.78, 5) is 28.2. The van der Waals surface area contributed by atoms with Crippen LogP contribution in [0.3, 0.4) is 0 Å². The highest BCUT2D eigenvalue weighted by molar-refractivity contribution is 6.00. The minimum atomic E-state index is -0.787. The van der Waals surface area contributed by atoms with Gasteiger partial charge in [-0.25, -0.2) is 19.9 Å². The number of carboxylic acids is 1. The zero-order valence-electron chi connectivity index (χ0n) is 24.7. The van der Waals surface area contributed by atoms with Crippen molar-refractivity contribution in [2.24, 2.45) is 0 Å². The predicted octanol–water partition coefficient (Wildman–Crippen LogP) is 5.50. The molecule has 0 aliphatic carbocycles. The van der Waals surface area contributed by atoms with Crippen LogP contribution < -0.4 is 15.2 Å². The number of nitrogens with zero attached hydrogens (tertiary/aromatic N) is 6. The van der Waals surface area contributed by atoms with E-state index >= 15 is 4.39 Å². The van der Waals surface area contributed by atoms with Crippen LogP contribution in [-0.2, 0) is 11.4 Å². The van der Waals surface area contributed by atoms with Gasteiger partial charge in [-0.15, -0.1) is 0 Å². The molecule has 11 nitrogen and oxygen atoms in total. The first-order valence-electron chi connectivity index (χ1n) is 13.5. The average molecular weight is 588 g/mol. The van der Waals surface area contributed by atoms with Gasteiger partial charge in [0, 0.05) is 35.8 Å². The zero-order chi connectivity index (χ0) is 31.1. The second-order valence-electron chi connectivity index (χ2n) is 10.3. The van der Waals surface area contributed by atoms with Crippen LogP contribution in [0.15, 0.2) is 67.4 Å². The molecule has 3 heterocycles. The van der Waals surface area contributed by atoms with Gasteiger partial charge in [-0.1, -0.05) is 18.2 Å². The minimum absolute atomic E-state index is 0.0643. The van der Waals surface area contributed by atoms with Crippen LogP contribution in [0.1, 0.15) is 31.3 Å². The molecule has 0 spiro atoms. The van der Waals surface area contributed by atoms with Gasteiger partial charge in [0.1, 0.15) is 36.0 Å². The van der Waals surface area contributed by atoms with Crippen molar-refractivity contribution in [1.29, 1.82) is 0 Å². The number of ether oxygens (including phenoxy) is 2. The first-order valence-corrected chi connectivity index (χ1v) is 13.5. The molecule has 2 aromatic carbocycles. The van der Waals surface area contributed by atoms with E-state index in [0.717, 1.165) is 27.7 Å². The number of hydrogen-bond donors (Lipinski definition) is 2. The van der Waals surface area contributed by atoms with Crippen molar-refractivity contribution in [3.8, 4) is 28.4 Å². The molecule has 224 valence electrons. The van der Waals surface area contributed by atoms with E-state index in [0.29, 0.717) is 17.4 Å². The summed E-state index contributed by atoms with van der Waals surface area (Å²) in [6.07, 6.45) is 6.80. The molecular weight excluding hydrogens is 553 g/mol. The maximum Gasteiger partial charge on any atom is 0.317 e. The fraction of sp³-hybridized carbons (Fsp3) is 0.258. The summed E-state index contributed by atoms with van der Waals surface area (Å²) in [6, 6.07) is 12.4. The number of likely N-dealkylation sites (N-methyl/N-ethyl adjacent to an activating group) is 1. The van der Waals surface area contributed by atoms with Crippen LogP contribution in [0, 0.1) is 12.7 Å². The number of fused-ring (bicyclic) bond motifs is 1. The third-order valence-corrected chi connectivity index (χ3v) is 6.20. The summed E-state index contributed by atoms with van der Waals surface area (Å²) >= 11 is 0. The lowest BCUT2D eigenvalue weighted by Crippen LogP contribution is -2.20. The molecule has 3 aromatic heterocycles. The first kappa shape index (κ1) is 30.8. The number of rotatable bonds is 9. The second kappa shape index (κ2) is 13.7. The van der Waals surface area contributed by atoms with Crippen molar-refractivity contribution in [1.82, 2.24) is 29.4 Å². The molecule has 0 saturated heterocycles. The van der Waals surface area contributed by atoms with Gasteiger partial charge in [-0.2, -0.15) is 4.39 Å². The molecule has 3 N–H and O–H groups in total. The predicted molar refractivity (Wildman–Crippen MR) is 162 cm³/mol. The maximum absolute atomic E-state index is 15.1. The van der Waals surface area contributed by atoms with E-state index in [-0.39, 0.29) is 30.7 Å². The van der Waals surface area contributed by atoms with Crippen molar-refractivity contribution in [2.45, 2.75) is 33.4 Å². The smallest absolute Gasteiger partial charge is 0.317 e. The molecule has 0 atom stereocenters. The lowest BCUT2D eigenvalue weighted by Gasteiger charge is -2.11. The Labute approximate surface area is 248 Å². The number of nitrogen functional groups attached to an aromatic ring is 1. The Balaban J connectivity index is 0.000000541. The van der Waals surface area contributed by atoms with Crippen LogP contribution in [0.2, 0.25) is 0 Å². The van der Waals surface area contributed by atoms with Crippen LogP contribution in [-0.4, -0.2) is 61.1 Å². The topological polar surface area (TPSA) is 142 Å². The highest BCUT2D eigenvalue weighted by atomic mass is 19.1. The van der Waals surface area contributed by atoms with E-state index in [2.05, 4.69) is 38.4 Å². The van der Waals surface area contributed by atoms with E-state index in [1.807, 2.05) is 18.3 Å². The van der Waals surface area contributed by atoms with Gasteiger partial charge in [0.15, 0.2) is 11.5 Å². The number of hydrogen-bond acceptors (Lipinski definition) is 9. The number of carbonyl (C=O) groups is 1. The lowest BCUT2D eigenvalue weighted by molar-refractivity contribution is -0.137. The number of halogens is 1. The van der Waals surface area contributed by atoms with Gasteiger partial charge in [-0.3, -0.25) is 9.69 Å². The summed E-state index contributed by atoms with van der Waals surface area (Å²) < 4.78 is 28.6. The Morgan fingerprint density at radius 3 is 2.33 bits per heavy atom. The molecule has 43 heavy (non-hydrogen) atoms. The molecular formula is C31H34FN7O4. The largest absolute Gasteiger partial charge is 0.486 e. The van der Waals surface area contributed by atoms with Crippen LogP contribution in [0.4, 0.5) is 10.2 Å². The Morgan fingerprint density at radius 2 is 1.72 bits per heavy atom. The summed E-state index contributed by atoms with van der Waals surface area (Å²) in [5, 5.41) is 8.84. The second-order valence-corrected chi connectivity index (χ2v) is 10.3. The number of benzene rings is 2. The van der Waals surface area contributed by atoms with Gasteiger partial charge >= 0.3 is 5.97 Å².